The molecule has 1 heterocycles. The minimum Gasteiger partial charge on any atom is -0.394 e. The summed E-state index contributed by atoms with van der Waals surface area (Å²) in [6, 6.07) is -0.795. The molecule has 9 heteroatoms. The molecule has 284 valence electrons. The highest BCUT2D eigenvalue weighted by Crippen LogP contribution is 2.22. The SMILES string of the molecule is CCCCCCCCC/C=C/[C@@H](O)[C@H](CO[C@H]1O[C@@H](CO)[C@H](O)C(O)C1O)NC(=O)CCCCCCCCCCCCCCCCCC. The van der Waals surface area contributed by atoms with E-state index >= 15 is 0 Å². The third-order valence-electron chi connectivity index (χ3n) is 9.61. The summed E-state index contributed by atoms with van der Waals surface area (Å²) in [4.78, 5) is 12.8. The first-order chi connectivity index (χ1) is 23.3. The van der Waals surface area contributed by atoms with Crippen LogP contribution in [-0.4, -0.2) is 87.5 Å². The van der Waals surface area contributed by atoms with E-state index in [1.54, 1.807) is 6.08 Å². The fraction of sp³-hybridized carbons (Fsp3) is 0.923. The average Bonchev–Trinajstić information content (AvgIpc) is 3.08. The summed E-state index contributed by atoms with van der Waals surface area (Å²) in [5.41, 5.74) is 0. The van der Waals surface area contributed by atoms with Gasteiger partial charge in [0.05, 0.1) is 25.4 Å². The van der Waals surface area contributed by atoms with Crippen molar-refractivity contribution in [2.45, 2.75) is 217 Å². The van der Waals surface area contributed by atoms with Gasteiger partial charge in [0, 0.05) is 6.42 Å². The lowest BCUT2D eigenvalue weighted by atomic mass is 9.99. The van der Waals surface area contributed by atoms with Crippen LogP contribution in [0.1, 0.15) is 174 Å². The van der Waals surface area contributed by atoms with Crippen LogP contribution in [0.25, 0.3) is 0 Å². The highest BCUT2D eigenvalue weighted by atomic mass is 16.7. The van der Waals surface area contributed by atoms with Gasteiger partial charge in [0.15, 0.2) is 6.29 Å². The summed E-state index contributed by atoms with van der Waals surface area (Å²) in [6.07, 6.45) is 25.4. The molecule has 0 aliphatic carbocycles. The standard InChI is InChI=1S/C39H75NO8/c1-3-5-7-9-11-13-14-15-16-17-18-19-21-23-25-27-29-35(43)40-32(33(42)28-26-24-22-20-12-10-8-6-4-2)31-47-39-38(46)37(45)36(44)34(30-41)48-39/h26,28,32-34,36-39,41-42,44-46H,3-25,27,29-31H2,1-2H3,(H,40,43)/b28-26+/t32-,33+,34-,36-,37?,38?,39-/m0/s1. The van der Waals surface area contributed by atoms with Gasteiger partial charge in [0.2, 0.25) is 5.91 Å². The van der Waals surface area contributed by atoms with Gasteiger partial charge in [-0.15, -0.1) is 0 Å². The number of unbranched alkanes of at least 4 members (excludes halogenated alkanes) is 22. The molecule has 1 aliphatic rings. The maximum absolute atomic E-state index is 12.8. The molecule has 1 amide bonds. The van der Waals surface area contributed by atoms with E-state index in [0.717, 1.165) is 38.5 Å². The normalized spacial score (nSPS) is 22.7. The molecule has 48 heavy (non-hydrogen) atoms. The molecule has 0 aromatic carbocycles. The number of amides is 1. The lowest BCUT2D eigenvalue weighted by Gasteiger charge is -2.40. The number of aliphatic hydroxyl groups excluding tert-OH is 5. The molecule has 2 unspecified atom stereocenters. The Labute approximate surface area is 293 Å². The number of aliphatic hydroxyl groups is 5. The lowest BCUT2D eigenvalue weighted by molar-refractivity contribution is -0.302. The smallest absolute Gasteiger partial charge is 0.220 e. The average molecular weight is 686 g/mol. The molecule has 9 nitrogen and oxygen atoms in total. The van der Waals surface area contributed by atoms with Gasteiger partial charge in [-0.2, -0.15) is 0 Å². The van der Waals surface area contributed by atoms with E-state index in [4.69, 9.17) is 9.47 Å². The van der Waals surface area contributed by atoms with Crippen LogP contribution >= 0.6 is 0 Å². The Morgan fingerprint density at radius 1 is 0.688 bits per heavy atom. The van der Waals surface area contributed by atoms with Crippen molar-refractivity contribution in [3.8, 4) is 0 Å². The number of ether oxygens (including phenoxy) is 2. The Hall–Kier alpha value is -1.07. The fourth-order valence-electron chi connectivity index (χ4n) is 6.33. The van der Waals surface area contributed by atoms with Crippen LogP contribution in [0.2, 0.25) is 0 Å². The quantitative estimate of drug-likeness (QED) is 0.0328. The molecule has 1 saturated heterocycles. The van der Waals surface area contributed by atoms with E-state index < -0.39 is 49.5 Å². The predicted octanol–water partition coefficient (Wildman–Crippen LogP) is 7.00. The molecule has 7 atom stereocenters. The Bertz CT molecular complexity index is 766. The molecule has 6 N–H and O–H groups in total. The Morgan fingerprint density at radius 2 is 1.15 bits per heavy atom. The van der Waals surface area contributed by atoms with Gasteiger partial charge in [0.25, 0.3) is 0 Å². The van der Waals surface area contributed by atoms with Crippen LogP contribution in [-0.2, 0) is 14.3 Å². The Morgan fingerprint density at radius 3 is 1.62 bits per heavy atom. The second kappa shape index (κ2) is 30.7. The van der Waals surface area contributed by atoms with Crippen molar-refractivity contribution in [1.82, 2.24) is 5.32 Å². The van der Waals surface area contributed by atoms with E-state index in [-0.39, 0.29) is 12.5 Å². The minimum absolute atomic E-state index is 0.178. The molecule has 0 saturated carbocycles. The van der Waals surface area contributed by atoms with Gasteiger partial charge < -0.3 is 40.3 Å². The van der Waals surface area contributed by atoms with Gasteiger partial charge >= 0.3 is 0 Å². The molecule has 0 aromatic rings. The summed E-state index contributed by atoms with van der Waals surface area (Å²) in [5, 5.41) is 53.8. The van der Waals surface area contributed by atoms with Gasteiger partial charge in [-0.3, -0.25) is 4.79 Å². The van der Waals surface area contributed by atoms with E-state index in [1.165, 1.54) is 116 Å². The molecule has 1 aliphatic heterocycles. The number of hydrogen-bond donors (Lipinski definition) is 6. The largest absolute Gasteiger partial charge is 0.394 e. The second-order valence-corrected chi connectivity index (χ2v) is 14.1. The number of carbonyl (C=O) groups excluding carboxylic acids is 1. The zero-order valence-corrected chi connectivity index (χ0v) is 30.7. The van der Waals surface area contributed by atoms with Crippen molar-refractivity contribution >= 4 is 5.91 Å². The Kier molecular flexibility index (Phi) is 28.8. The maximum atomic E-state index is 12.8. The third-order valence-corrected chi connectivity index (χ3v) is 9.61. The van der Waals surface area contributed by atoms with E-state index in [2.05, 4.69) is 19.2 Å². The van der Waals surface area contributed by atoms with Gasteiger partial charge in [-0.1, -0.05) is 161 Å². The summed E-state index contributed by atoms with van der Waals surface area (Å²) in [5.74, 6) is -0.178. The van der Waals surface area contributed by atoms with Gasteiger partial charge in [-0.05, 0) is 19.3 Å². The van der Waals surface area contributed by atoms with Crippen LogP contribution in [0.3, 0.4) is 0 Å². The summed E-state index contributed by atoms with van der Waals surface area (Å²) in [6.45, 7) is 3.73. The molecule has 0 spiro atoms. The highest BCUT2D eigenvalue weighted by molar-refractivity contribution is 5.76. The molecule has 0 bridgehead atoms. The first-order valence-electron chi connectivity index (χ1n) is 19.9. The third kappa shape index (κ3) is 21.9. The molecule has 0 aromatic heterocycles. The van der Waals surface area contributed by atoms with Gasteiger partial charge in [-0.25, -0.2) is 0 Å². The summed E-state index contributed by atoms with van der Waals surface area (Å²) < 4.78 is 11.1. The second-order valence-electron chi connectivity index (χ2n) is 14.1. The molecular weight excluding hydrogens is 610 g/mol. The Balaban J connectivity index is 2.38. The lowest BCUT2D eigenvalue weighted by Crippen LogP contribution is -2.60. The van der Waals surface area contributed by atoms with Crippen LogP contribution in [0.4, 0.5) is 0 Å². The summed E-state index contributed by atoms with van der Waals surface area (Å²) in [7, 11) is 0. The van der Waals surface area contributed by atoms with Crippen molar-refractivity contribution in [2.75, 3.05) is 13.2 Å². The van der Waals surface area contributed by atoms with E-state index in [9.17, 15) is 30.3 Å². The van der Waals surface area contributed by atoms with Crippen molar-refractivity contribution in [3.63, 3.8) is 0 Å². The van der Waals surface area contributed by atoms with Crippen molar-refractivity contribution in [3.05, 3.63) is 12.2 Å². The maximum Gasteiger partial charge on any atom is 0.220 e. The van der Waals surface area contributed by atoms with E-state index in [1.807, 2.05) is 6.08 Å². The van der Waals surface area contributed by atoms with Crippen LogP contribution in [0, 0.1) is 0 Å². The number of hydrogen-bond acceptors (Lipinski definition) is 8. The zero-order chi connectivity index (χ0) is 35.2. The van der Waals surface area contributed by atoms with E-state index in [0.29, 0.717) is 6.42 Å². The number of rotatable bonds is 32. The monoisotopic (exact) mass is 686 g/mol. The highest BCUT2D eigenvalue weighted by Gasteiger charge is 2.44. The fourth-order valence-corrected chi connectivity index (χ4v) is 6.33. The molecule has 1 rings (SSSR count). The first kappa shape index (κ1) is 45.0. The zero-order valence-electron chi connectivity index (χ0n) is 30.7. The minimum atomic E-state index is -1.56. The first-order valence-corrected chi connectivity index (χ1v) is 19.9. The van der Waals surface area contributed by atoms with Gasteiger partial charge in [0.1, 0.15) is 24.4 Å². The predicted molar refractivity (Wildman–Crippen MR) is 194 cm³/mol. The van der Waals surface area contributed by atoms with Crippen molar-refractivity contribution in [2.24, 2.45) is 0 Å². The van der Waals surface area contributed by atoms with Crippen LogP contribution < -0.4 is 5.32 Å². The van der Waals surface area contributed by atoms with Crippen molar-refractivity contribution in [1.29, 1.82) is 0 Å². The molecular formula is C39H75NO8. The van der Waals surface area contributed by atoms with Crippen molar-refractivity contribution < 1.29 is 39.8 Å². The number of allylic oxidation sites excluding steroid dienone is 1. The molecule has 1 fully saturated rings. The molecule has 0 radical (unpaired) electrons. The van der Waals surface area contributed by atoms with Crippen LogP contribution in [0.5, 0.6) is 0 Å². The number of nitrogens with one attached hydrogen (secondary N) is 1. The summed E-state index contributed by atoms with van der Waals surface area (Å²) >= 11 is 0. The van der Waals surface area contributed by atoms with Crippen LogP contribution in [0.15, 0.2) is 12.2 Å². The topological polar surface area (TPSA) is 149 Å². The number of carbonyl (C=O) groups is 1.